The second-order valence-corrected chi connectivity index (χ2v) is 2.91. The lowest BCUT2D eigenvalue weighted by Crippen LogP contribution is -1.91. The van der Waals surface area contributed by atoms with Crippen LogP contribution in [0.5, 0.6) is 5.75 Å². The molecule has 0 unspecified atom stereocenters. The molecule has 0 aromatic heterocycles. The fourth-order valence-electron chi connectivity index (χ4n) is 1.17. The number of rotatable bonds is 2. The van der Waals surface area contributed by atoms with Crippen LogP contribution in [0, 0.1) is 13.8 Å². The fraction of sp³-hybridized carbons (Fsp3) is 0.300. The minimum atomic E-state index is 0.183. The first-order chi connectivity index (χ1) is 6.16. The molecule has 3 heteroatoms. The van der Waals surface area contributed by atoms with Gasteiger partial charge in [0.1, 0.15) is 5.75 Å². The SMILES string of the molecule is Cc1ccc(O)c(CN=C=O)c1C. The van der Waals surface area contributed by atoms with Crippen LogP contribution in [0.4, 0.5) is 0 Å². The number of aryl methyl sites for hydroxylation is 1. The van der Waals surface area contributed by atoms with Gasteiger partial charge in [0.15, 0.2) is 0 Å². The maximum atomic E-state index is 9.91. The monoisotopic (exact) mass is 177 g/mol. The predicted octanol–water partition coefficient (Wildman–Crippen LogP) is 1.84. The lowest BCUT2D eigenvalue weighted by Gasteiger charge is -2.07. The van der Waals surface area contributed by atoms with Crippen molar-refractivity contribution in [2.75, 3.05) is 0 Å². The summed E-state index contributed by atoms with van der Waals surface area (Å²) < 4.78 is 0. The zero-order valence-corrected chi connectivity index (χ0v) is 7.66. The number of benzene rings is 1. The summed E-state index contributed by atoms with van der Waals surface area (Å²) in [6.45, 7) is 4.04. The van der Waals surface area contributed by atoms with Gasteiger partial charge in [0.25, 0.3) is 0 Å². The summed E-state index contributed by atoms with van der Waals surface area (Å²) in [7, 11) is 0. The third-order valence-electron chi connectivity index (χ3n) is 2.15. The first-order valence-electron chi connectivity index (χ1n) is 3.98. The van der Waals surface area contributed by atoms with Crippen LogP contribution in [0.25, 0.3) is 0 Å². The highest BCUT2D eigenvalue weighted by Gasteiger charge is 2.05. The molecule has 0 saturated heterocycles. The summed E-state index contributed by atoms with van der Waals surface area (Å²) >= 11 is 0. The highest BCUT2D eigenvalue weighted by atomic mass is 16.3. The average molecular weight is 177 g/mol. The van der Waals surface area contributed by atoms with E-state index in [2.05, 4.69) is 4.99 Å². The molecule has 0 spiro atoms. The minimum absolute atomic E-state index is 0.183. The Hall–Kier alpha value is -1.60. The molecular formula is C10H11NO2. The Kier molecular flexibility index (Phi) is 2.83. The fourth-order valence-corrected chi connectivity index (χ4v) is 1.17. The van der Waals surface area contributed by atoms with Crippen molar-refractivity contribution in [1.29, 1.82) is 0 Å². The van der Waals surface area contributed by atoms with Gasteiger partial charge in [-0.3, -0.25) is 0 Å². The molecular weight excluding hydrogens is 166 g/mol. The maximum Gasteiger partial charge on any atom is 0.235 e. The first-order valence-corrected chi connectivity index (χ1v) is 3.98. The zero-order valence-electron chi connectivity index (χ0n) is 7.66. The highest BCUT2D eigenvalue weighted by Crippen LogP contribution is 2.23. The number of isocyanates is 1. The van der Waals surface area contributed by atoms with E-state index in [1.165, 1.54) is 6.08 Å². The molecule has 0 heterocycles. The van der Waals surface area contributed by atoms with E-state index in [0.29, 0.717) is 5.56 Å². The number of carbonyl (C=O) groups excluding carboxylic acids is 1. The Balaban J connectivity index is 3.16. The topological polar surface area (TPSA) is 49.7 Å². The summed E-state index contributed by atoms with van der Waals surface area (Å²) in [5.74, 6) is 0.183. The number of nitrogens with zero attached hydrogens (tertiary/aromatic N) is 1. The van der Waals surface area contributed by atoms with Crippen molar-refractivity contribution >= 4 is 6.08 Å². The van der Waals surface area contributed by atoms with Crippen molar-refractivity contribution in [1.82, 2.24) is 0 Å². The smallest absolute Gasteiger partial charge is 0.235 e. The lowest BCUT2D eigenvalue weighted by molar-refractivity contribution is 0.467. The van der Waals surface area contributed by atoms with Crippen LogP contribution in [-0.2, 0) is 11.3 Å². The molecule has 0 aliphatic carbocycles. The first kappa shape index (κ1) is 9.49. The van der Waals surface area contributed by atoms with E-state index >= 15 is 0 Å². The van der Waals surface area contributed by atoms with Crippen molar-refractivity contribution in [3.63, 3.8) is 0 Å². The van der Waals surface area contributed by atoms with E-state index in [1.807, 2.05) is 19.9 Å². The third-order valence-corrected chi connectivity index (χ3v) is 2.15. The maximum absolute atomic E-state index is 9.91. The Morgan fingerprint density at radius 1 is 1.46 bits per heavy atom. The van der Waals surface area contributed by atoms with Gasteiger partial charge in [-0.2, -0.15) is 0 Å². The van der Waals surface area contributed by atoms with Gasteiger partial charge >= 0.3 is 0 Å². The second kappa shape index (κ2) is 3.87. The summed E-state index contributed by atoms with van der Waals surface area (Å²) in [5, 5.41) is 9.45. The molecule has 0 bridgehead atoms. The van der Waals surface area contributed by atoms with Crippen LogP contribution >= 0.6 is 0 Å². The van der Waals surface area contributed by atoms with E-state index in [9.17, 15) is 9.90 Å². The van der Waals surface area contributed by atoms with E-state index in [-0.39, 0.29) is 12.3 Å². The lowest BCUT2D eigenvalue weighted by atomic mass is 10.0. The Bertz CT molecular complexity index is 365. The van der Waals surface area contributed by atoms with Crippen LogP contribution in [-0.4, -0.2) is 11.2 Å². The molecule has 0 radical (unpaired) electrons. The molecule has 0 saturated carbocycles. The molecule has 13 heavy (non-hydrogen) atoms. The van der Waals surface area contributed by atoms with Crippen molar-refractivity contribution in [2.24, 2.45) is 4.99 Å². The van der Waals surface area contributed by atoms with Gasteiger partial charge in [0.05, 0.1) is 6.54 Å². The normalized spacial score (nSPS) is 9.38. The largest absolute Gasteiger partial charge is 0.508 e. The van der Waals surface area contributed by atoms with Crippen LogP contribution in [0.15, 0.2) is 17.1 Å². The van der Waals surface area contributed by atoms with Crippen LogP contribution in [0.2, 0.25) is 0 Å². The summed E-state index contributed by atoms with van der Waals surface area (Å²) in [4.78, 5) is 13.4. The molecule has 0 aliphatic heterocycles. The molecule has 1 aromatic rings. The number of phenolic OH excluding ortho intramolecular Hbond substituents is 1. The van der Waals surface area contributed by atoms with Crippen molar-refractivity contribution in [3.05, 3.63) is 28.8 Å². The summed E-state index contributed by atoms with van der Waals surface area (Å²) in [5.41, 5.74) is 2.75. The predicted molar refractivity (Wildman–Crippen MR) is 49.4 cm³/mol. The van der Waals surface area contributed by atoms with E-state index in [0.717, 1.165) is 11.1 Å². The Labute approximate surface area is 76.7 Å². The van der Waals surface area contributed by atoms with E-state index in [4.69, 9.17) is 0 Å². The van der Waals surface area contributed by atoms with Crippen molar-refractivity contribution in [3.8, 4) is 5.75 Å². The molecule has 3 nitrogen and oxygen atoms in total. The van der Waals surface area contributed by atoms with Gasteiger partial charge in [-0.15, -0.1) is 0 Å². The van der Waals surface area contributed by atoms with E-state index < -0.39 is 0 Å². The molecule has 1 N–H and O–H groups in total. The quantitative estimate of drug-likeness (QED) is 0.553. The van der Waals surface area contributed by atoms with Crippen LogP contribution in [0.3, 0.4) is 0 Å². The van der Waals surface area contributed by atoms with Gasteiger partial charge in [0, 0.05) is 5.56 Å². The summed E-state index contributed by atoms with van der Waals surface area (Å²) in [6, 6.07) is 3.44. The van der Waals surface area contributed by atoms with E-state index in [1.54, 1.807) is 6.07 Å². The highest BCUT2D eigenvalue weighted by molar-refractivity contribution is 5.44. The second-order valence-electron chi connectivity index (χ2n) is 2.91. The van der Waals surface area contributed by atoms with Gasteiger partial charge < -0.3 is 5.11 Å². The number of phenols is 1. The number of aromatic hydroxyl groups is 1. The number of hydrogen-bond acceptors (Lipinski definition) is 3. The van der Waals surface area contributed by atoms with Crippen LogP contribution in [0.1, 0.15) is 16.7 Å². The molecule has 1 aromatic carbocycles. The van der Waals surface area contributed by atoms with Gasteiger partial charge in [-0.25, -0.2) is 9.79 Å². The molecule has 1 rings (SSSR count). The molecule has 0 atom stereocenters. The van der Waals surface area contributed by atoms with Crippen molar-refractivity contribution in [2.45, 2.75) is 20.4 Å². The molecule has 0 fully saturated rings. The molecule has 68 valence electrons. The Morgan fingerprint density at radius 3 is 2.77 bits per heavy atom. The number of hydrogen-bond donors (Lipinski definition) is 1. The third kappa shape index (κ3) is 1.95. The summed E-state index contributed by atoms with van der Waals surface area (Å²) in [6.07, 6.45) is 1.45. The zero-order chi connectivity index (χ0) is 9.84. The van der Waals surface area contributed by atoms with Crippen molar-refractivity contribution < 1.29 is 9.90 Å². The standard InChI is InChI=1S/C10H11NO2/c1-7-3-4-10(13)9(8(7)2)5-11-6-12/h3-4,13H,5H2,1-2H3. The molecule has 0 amide bonds. The van der Waals surface area contributed by atoms with Gasteiger partial charge in [-0.05, 0) is 31.0 Å². The number of aliphatic imine (C=N–C) groups is 1. The van der Waals surface area contributed by atoms with Gasteiger partial charge in [0.2, 0.25) is 6.08 Å². The minimum Gasteiger partial charge on any atom is -0.508 e. The molecule has 0 aliphatic rings. The van der Waals surface area contributed by atoms with Gasteiger partial charge in [-0.1, -0.05) is 6.07 Å². The average Bonchev–Trinajstić information content (AvgIpc) is 2.12. The Morgan fingerprint density at radius 2 is 2.15 bits per heavy atom. The van der Waals surface area contributed by atoms with Crippen LogP contribution < -0.4 is 0 Å².